The Labute approximate surface area is 110 Å². The minimum Gasteiger partial charge on any atom is -0.294 e. The lowest BCUT2D eigenvalue weighted by Gasteiger charge is -2.19. The van der Waals surface area contributed by atoms with E-state index >= 15 is 0 Å². The van der Waals surface area contributed by atoms with Crippen LogP contribution < -0.4 is 0 Å². The average molecular weight is 243 g/mol. The second-order valence-corrected chi connectivity index (χ2v) is 5.66. The molecule has 0 fully saturated rings. The van der Waals surface area contributed by atoms with Crippen molar-refractivity contribution >= 4 is 5.78 Å². The lowest BCUT2D eigenvalue weighted by atomic mass is 9.85. The zero-order valence-corrected chi connectivity index (χ0v) is 11.7. The van der Waals surface area contributed by atoms with Crippen LogP contribution in [0.3, 0.4) is 0 Å². The topological polar surface area (TPSA) is 40.9 Å². The van der Waals surface area contributed by atoms with E-state index in [9.17, 15) is 4.79 Å². The number of rotatable bonds is 4. The summed E-state index contributed by atoms with van der Waals surface area (Å²) in [6.45, 7) is 8.39. The van der Waals surface area contributed by atoms with E-state index < -0.39 is 0 Å². The lowest BCUT2D eigenvalue weighted by Crippen LogP contribution is -2.15. The number of nitrogens with zero attached hydrogens (tertiary/aromatic N) is 1. The van der Waals surface area contributed by atoms with Crippen LogP contribution in [-0.4, -0.2) is 5.78 Å². The molecule has 1 aromatic carbocycles. The van der Waals surface area contributed by atoms with E-state index in [-0.39, 0.29) is 17.1 Å². The molecule has 0 aromatic heterocycles. The minimum atomic E-state index is -0.171. The molecular weight excluding hydrogens is 222 g/mol. The number of carbonyl (C=O) groups excluding carboxylic acids is 1. The summed E-state index contributed by atoms with van der Waals surface area (Å²) in [5, 5.41) is 8.71. The first-order chi connectivity index (χ1) is 8.40. The fourth-order valence-corrected chi connectivity index (χ4v) is 1.90. The van der Waals surface area contributed by atoms with Crippen molar-refractivity contribution in [2.45, 2.75) is 46.0 Å². The number of nitriles is 1. The largest absolute Gasteiger partial charge is 0.294 e. The van der Waals surface area contributed by atoms with Crippen molar-refractivity contribution in [3.05, 3.63) is 35.4 Å². The summed E-state index contributed by atoms with van der Waals surface area (Å²) in [4.78, 5) is 12.2. The predicted octanol–water partition coefficient (Wildman–Crippen LogP) is 4.11. The van der Waals surface area contributed by atoms with E-state index in [4.69, 9.17) is 5.26 Å². The highest BCUT2D eigenvalue weighted by molar-refractivity contribution is 5.98. The molecule has 0 saturated heterocycles. The lowest BCUT2D eigenvalue weighted by molar-refractivity contribution is 0.0918. The second-order valence-electron chi connectivity index (χ2n) is 5.66. The van der Waals surface area contributed by atoms with Gasteiger partial charge in [-0.2, -0.15) is 5.26 Å². The van der Waals surface area contributed by atoms with Crippen LogP contribution in [0, 0.1) is 17.2 Å². The van der Waals surface area contributed by atoms with Gasteiger partial charge in [-0.15, -0.1) is 0 Å². The molecule has 0 N–H and O–H groups in total. The molecule has 1 unspecified atom stereocenters. The standard InChI is InChI=1S/C16H21NO/c1-5-12(10-11-17)15(18)13-6-8-14(9-7-13)16(2,3)4/h6-9,12H,5,10H2,1-4H3. The Morgan fingerprint density at radius 2 is 1.83 bits per heavy atom. The van der Waals surface area contributed by atoms with Crippen molar-refractivity contribution in [1.29, 1.82) is 5.26 Å². The second kappa shape index (κ2) is 5.82. The van der Waals surface area contributed by atoms with Crippen molar-refractivity contribution in [2.75, 3.05) is 0 Å². The smallest absolute Gasteiger partial charge is 0.166 e. The summed E-state index contributed by atoms with van der Waals surface area (Å²) in [5.41, 5.74) is 2.02. The quantitative estimate of drug-likeness (QED) is 0.747. The van der Waals surface area contributed by atoms with E-state index in [1.807, 2.05) is 31.2 Å². The normalized spacial score (nSPS) is 12.8. The van der Waals surface area contributed by atoms with Crippen LogP contribution >= 0.6 is 0 Å². The van der Waals surface area contributed by atoms with Crippen LogP contribution in [0.1, 0.15) is 56.5 Å². The summed E-state index contributed by atoms with van der Waals surface area (Å²) in [7, 11) is 0. The molecule has 2 heteroatoms. The Balaban J connectivity index is 2.92. The molecule has 0 aliphatic rings. The van der Waals surface area contributed by atoms with Gasteiger partial charge >= 0.3 is 0 Å². The van der Waals surface area contributed by atoms with Gasteiger partial charge in [-0.25, -0.2) is 0 Å². The molecule has 0 spiro atoms. The van der Waals surface area contributed by atoms with Crippen LogP contribution in [0.15, 0.2) is 24.3 Å². The maximum absolute atomic E-state index is 12.2. The fourth-order valence-electron chi connectivity index (χ4n) is 1.90. The van der Waals surface area contributed by atoms with E-state index in [2.05, 4.69) is 26.8 Å². The third-order valence-electron chi connectivity index (χ3n) is 3.24. The molecule has 0 saturated carbocycles. The Bertz CT molecular complexity index is 445. The molecule has 96 valence electrons. The highest BCUT2D eigenvalue weighted by Gasteiger charge is 2.19. The number of ketones is 1. The van der Waals surface area contributed by atoms with Crippen molar-refractivity contribution in [2.24, 2.45) is 5.92 Å². The Morgan fingerprint density at radius 1 is 1.28 bits per heavy atom. The molecule has 2 nitrogen and oxygen atoms in total. The van der Waals surface area contributed by atoms with Crippen LogP contribution in [0.25, 0.3) is 0 Å². The SMILES string of the molecule is CCC(CC#N)C(=O)c1ccc(C(C)(C)C)cc1. The molecule has 0 aliphatic carbocycles. The number of hydrogen-bond acceptors (Lipinski definition) is 2. The van der Waals surface area contributed by atoms with Gasteiger partial charge in [-0.05, 0) is 17.4 Å². The molecular formula is C16H21NO. The van der Waals surface area contributed by atoms with Gasteiger partial charge in [0.2, 0.25) is 0 Å². The Morgan fingerprint density at radius 3 is 2.22 bits per heavy atom. The maximum atomic E-state index is 12.2. The summed E-state index contributed by atoms with van der Waals surface area (Å²) < 4.78 is 0. The predicted molar refractivity (Wildman–Crippen MR) is 73.5 cm³/mol. The van der Waals surface area contributed by atoms with Gasteiger partial charge in [0.25, 0.3) is 0 Å². The highest BCUT2D eigenvalue weighted by atomic mass is 16.1. The molecule has 1 atom stereocenters. The van der Waals surface area contributed by atoms with Crippen molar-refractivity contribution < 1.29 is 4.79 Å². The summed E-state index contributed by atoms with van der Waals surface area (Å²) >= 11 is 0. The summed E-state index contributed by atoms with van der Waals surface area (Å²) in [6, 6.07) is 9.85. The van der Waals surface area contributed by atoms with Crippen LogP contribution in [-0.2, 0) is 5.41 Å². The number of carbonyl (C=O) groups is 1. The summed E-state index contributed by atoms with van der Waals surface area (Å²) in [5.74, 6) is -0.0880. The van der Waals surface area contributed by atoms with Crippen molar-refractivity contribution in [3.8, 4) is 6.07 Å². The van der Waals surface area contributed by atoms with Gasteiger partial charge in [0, 0.05) is 17.9 Å². The van der Waals surface area contributed by atoms with Crippen LogP contribution in [0.2, 0.25) is 0 Å². The van der Waals surface area contributed by atoms with Crippen molar-refractivity contribution in [3.63, 3.8) is 0 Å². The zero-order chi connectivity index (χ0) is 13.8. The van der Waals surface area contributed by atoms with Gasteiger partial charge in [0.1, 0.15) is 0 Å². The van der Waals surface area contributed by atoms with Gasteiger partial charge in [-0.3, -0.25) is 4.79 Å². The minimum absolute atomic E-state index is 0.0829. The van der Waals surface area contributed by atoms with Gasteiger partial charge in [0.15, 0.2) is 5.78 Å². The number of hydrogen-bond donors (Lipinski definition) is 0. The molecule has 0 heterocycles. The Kier molecular flexibility index (Phi) is 4.67. The van der Waals surface area contributed by atoms with Gasteiger partial charge in [-0.1, -0.05) is 52.0 Å². The van der Waals surface area contributed by atoms with E-state index in [1.54, 1.807) is 0 Å². The Hall–Kier alpha value is -1.62. The van der Waals surface area contributed by atoms with Crippen LogP contribution in [0.4, 0.5) is 0 Å². The van der Waals surface area contributed by atoms with E-state index in [0.29, 0.717) is 18.4 Å². The third-order valence-corrected chi connectivity index (χ3v) is 3.24. The number of Topliss-reactive ketones (excluding diaryl/α,β-unsaturated/α-hetero) is 1. The first-order valence-corrected chi connectivity index (χ1v) is 6.41. The van der Waals surface area contributed by atoms with Crippen molar-refractivity contribution in [1.82, 2.24) is 0 Å². The van der Waals surface area contributed by atoms with Gasteiger partial charge in [0.05, 0.1) is 6.07 Å². The molecule has 0 aliphatic heterocycles. The third kappa shape index (κ3) is 3.43. The van der Waals surface area contributed by atoms with Crippen LogP contribution in [0.5, 0.6) is 0 Å². The molecule has 1 rings (SSSR count). The summed E-state index contributed by atoms with van der Waals surface area (Å²) in [6.07, 6.45) is 1.02. The monoisotopic (exact) mass is 243 g/mol. The molecule has 0 amide bonds. The highest BCUT2D eigenvalue weighted by Crippen LogP contribution is 2.23. The molecule has 18 heavy (non-hydrogen) atoms. The van der Waals surface area contributed by atoms with Gasteiger partial charge < -0.3 is 0 Å². The fraction of sp³-hybridized carbons (Fsp3) is 0.500. The maximum Gasteiger partial charge on any atom is 0.166 e. The molecule has 0 bridgehead atoms. The van der Waals surface area contributed by atoms with E-state index in [1.165, 1.54) is 5.56 Å². The molecule has 1 aromatic rings. The number of benzene rings is 1. The zero-order valence-electron chi connectivity index (χ0n) is 11.7. The average Bonchev–Trinajstić information content (AvgIpc) is 2.34. The molecule has 0 radical (unpaired) electrons. The first kappa shape index (κ1) is 14.4. The van der Waals surface area contributed by atoms with E-state index in [0.717, 1.165) is 0 Å². The first-order valence-electron chi connectivity index (χ1n) is 6.41.